The number of carbonyl (C=O) groups is 1. The highest BCUT2D eigenvalue weighted by Crippen LogP contribution is 2.39. The largest absolute Gasteiger partial charge is 0.296 e. The zero-order valence-electron chi connectivity index (χ0n) is 17.1. The lowest BCUT2D eigenvalue weighted by Gasteiger charge is -2.24. The summed E-state index contributed by atoms with van der Waals surface area (Å²) < 4.78 is 0. The summed E-state index contributed by atoms with van der Waals surface area (Å²) in [5.74, 6) is 0.230. The Morgan fingerprint density at radius 3 is 2.26 bits per heavy atom. The lowest BCUT2D eigenvalue weighted by Crippen LogP contribution is -2.32. The number of amides is 1. The number of carbonyl (C=O) groups excluding carboxylic acids is 1. The number of anilines is 1. The van der Waals surface area contributed by atoms with Crippen molar-refractivity contribution in [3.63, 3.8) is 0 Å². The highest BCUT2D eigenvalue weighted by Gasteiger charge is 2.23. The molecule has 0 saturated carbocycles. The molecule has 1 amide bonds. The SMILES string of the molecule is CCCN(C(=O)CC)c1nc(-c2ccc(Cl)cc2Cl)c(-c2ccc(Cl)cc2)cc1C#N. The molecule has 0 spiro atoms. The minimum atomic E-state index is -0.0988. The van der Waals surface area contributed by atoms with E-state index >= 15 is 0 Å². The Morgan fingerprint density at radius 1 is 1.00 bits per heavy atom. The van der Waals surface area contributed by atoms with Crippen molar-refractivity contribution < 1.29 is 4.79 Å². The summed E-state index contributed by atoms with van der Waals surface area (Å²) in [5.41, 5.74) is 3.06. The molecule has 0 fully saturated rings. The van der Waals surface area contributed by atoms with Crippen LogP contribution < -0.4 is 4.90 Å². The van der Waals surface area contributed by atoms with Crippen LogP contribution in [-0.4, -0.2) is 17.4 Å². The molecule has 0 aliphatic heterocycles. The van der Waals surface area contributed by atoms with Crippen LogP contribution in [0.2, 0.25) is 15.1 Å². The third-order valence-corrected chi connectivity index (χ3v) is 5.57. The van der Waals surface area contributed by atoms with Gasteiger partial charge in [0.25, 0.3) is 0 Å². The van der Waals surface area contributed by atoms with Crippen LogP contribution in [0.3, 0.4) is 0 Å². The van der Waals surface area contributed by atoms with Crippen molar-refractivity contribution in [2.45, 2.75) is 26.7 Å². The van der Waals surface area contributed by atoms with Crippen molar-refractivity contribution >= 4 is 46.5 Å². The van der Waals surface area contributed by atoms with E-state index in [1.165, 1.54) is 0 Å². The van der Waals surface area contributed by atoms with Gasteiger partial charge in [0, 0.05) is 34.1 Å². The summed E-state index contributed by atoms with van der Waals surface area (Å²) in [6.07, 6.45) is 1.04. The van der Waals surface area contributed by atoms with Crippen LogP contribution in [-0.2, 0) is 4.79 Å². The monoisotopic (exact) mass is 471 g/mol. The van der Waals surface area contributed by atoms with Gasteiger partial charge < -0.3 is 0 Å². The predicted octanol–water partition coefficient (Wildman–Crippen LogP) is 7.40. The summed E-state index contributed by atoms with van der Waals surface area (Å²) in [4.78, 5) is 19.0. The van der Waals surface area contributed by atoms with Crippen LogP contribution in [0.1, 0.15) is 32.3 Å². The van der Waals surface area contributed by atoms with Crippen molar-refractivity contribution in [3.8, 4) is 28.5 Å². The average Bonchev–Trinajstić information content (AvgIpc) is 2.77. The van der Waals surface area contributed by atoms with Gasteiger partial charge in [-0.25, -0.2) is 4.98 Å². The third kappa shape index (κ3) is 5.02. The molecule has 0 radical (unpaired) electrons. The number of rotatable bonds is 6. The van der Waals surface area contributed by atoms with E-state index in [1.54, 1.807) is 48.2 Å². The number of nitriles is 1. The van der Waals surface area contributed by atoms with Crippen LogP contribution >= 0.6 is 34.8 Å². The van der Waals surface area contributed by atoms with E-state index in [0.29, 0.717) is 56.2 Å². The van der Waals surface area contributed by atoms with Gasteiger partial charge in [0.15, 0.2) is 5.82 Å². The molecule has 1 aromatic heterocycles. The molecular weight excluding hydrogens is 453 g/mol. The third-order valence-electron chi connectivity index (χ3n) is 4.77. The molecule has 158 valence electrons. The quantitative estimate of drug-likeness (QED) is 0.375. The number of nitrogens with zero attached hydrogens (tertiary/aromatic N) is 3. The van der Waals surface area contributed by atoms with Crippen molar-refractivity contribution in [2.24, 2.45) is 0 Å². The van der Waals surface area contributed by atoms with Gasteiger partial charge in [0.2, 0.25) is 5.91 Å². The molecular formula is C24H20Cl3N3O. The Bertz CT molecular complexity index is 1150. The molecule has 3 aromatic rings. The topological polar surface area (TPSA) is 57.0 Å². The fraction of sp³-hybridized carbons (Fsp3) is 0.208. The number of benzene rings is 2. The van der Waals surface area contributed by atoms with E-state index in [-0.39, 0.29) is 5.91 Å². The van der Waals surface area contributed by atoms with Crippen LogP contribution in [0, 0.1) is 11.3 Å². The smallest absolute Gasteiger partial charge is 0.227 e. The van der Waals surface area contributed by atoms with E-state index in [1.807, 2.05) is 19.1 Å². The first-order valence-corrected chi connectivity index (χ1v) is 11.0. The summed E-state index contributed by atoms with van der Waals surface area (Å²) >= 11 is 18.7. The first-order valence-electron chi connectivity index (χ1n) is 9.86. The van der Waals surface area contributed by atoms with Crippen LogP contribution in [0.4, 0.5) is 5.82 Å². The van der Waals surface area contributed by atoms with Gasteiger partial charge in [-0.2, -0.15) is 5.26 Å². The molecule has 4 nitrogen and oxygen atoms in total. The molecule has 1 heterocycles. The van der Waals surface area contributed by atoms with Gasteiger partial charge in [-0.05, 0) is 48.4 Å². The van der Waals surface area contributed by atoms with Gasteiger partial charge in [0.1, 0.15) is 6.07 Å². The lowest BCUT2D eigenvalue weighted by atomic mass is 9.97. The van der Waals surface area contributed by atoms with Gasteiger partial charge in [-0.1, -0.05) is 60.8 Å². The normalized spacial score (nSPS) is 10.6. The Labute approximate surface area is 197 Å². The maximum absolute atomic E-state index is 12.6. The lowest BCUT2D eigenvalue weighted by molar-refractivity contribution is -0.118. The van der Waals surface area contributed by atoms with E-state index in [4.69, 9.17) is 39.8 Å². The zero-order chi connectivity index (χ0) is 22.5. The molecule has 7 heteroatoms. The van der Waals surface area contributed by atoms with Gasteiger partial charge in [-0.3, -0.25) is 9.69 Å². The van der Waals surface area contributed by atoms with E-state index in [0.717, 1.165) is 12.0 Å². The van der Waals surface area contributed by atoms with E-state index in [9.17, 15) is 10.1 Å². The molecule has 0 atom stereocenters. The maximum Gasteiger partial charge on any atom is 0.227 e. The molecule has 2 aromatic carbocycles. The number of halogens is 3. The van der Waals surface area contributed by atoms with Crippen molar-refractivity contribution in [3.05, 3.63) is 69.2 Å². The molecule has 0 aliphatic rings. The van der Waals surface area contributed by atoms with E-state index in [2.05, 4.69) is 6.07 Å². The number of aromatic nitrogens is 1. The highest BCUT2D eigenvalue weighted by atomic mass is 35.5. The molecule has 0 saturated heterocycles. The molecule has 0 unspecified atom stereocenters. The minimum absolute atomic E-state index is 0.0988. The molecule has 0 aliphatic carbocycles. The number of hydrogen-bond acceptors (Lipinski definition) is 3. The summed E-state index contributed by atoms with van der Waals surface area (Å²) in [6.45, 7) is 4.22. The maximum atomic E-state index is 12.6. The van der Waals surface area contributed by atoms with Gasteiger partial charge >= 0.3 is 0 Å². The molecule has 0 N–H and O–H groups in total. The number of hydrogen-bond donors (Lipinski definition) is 0. The summed E-state index contributed by atoms with van der Waals surface area (Å²) in [5, 5.41) is 11.4. The van der Waals surface area contributed by atoms with Crippen molar-refractivity contribution in [1.29, 1.82) is 5.26 Å². The fourth-order valence-corrected chi connectivity index (χ4v) is 3.92. The van der Waals surface area contributed by atoms with Crippen LogP contribution in [0.25, 0.3) is 22.4 Å². The Kier molecular flexibility index (Phi) is 7.56. The number of pyridine rings is 1. The van der Waals surface area contributed by atoms with Gasteiger partial charge in [-0.15, -0.1) is 0 Å². The second-order valence-corrected chi connectivity index (χ2v) is 8.18. The van der Waals surface area contributed by atoms with Crippen molar-refractivity contribution in [1.82, 2.24) is 4.98 Å². The predicted molar refractivity (Wildman–Crippen MR) is 128 cm³/mol. The van der Waals surface area contributed by atoms with Crippen LogP contribution in [0.15, 0.2) is 48.5 Å². The molecule has 3 rings (SSSR count). The van der Waals surface area contributed by atoms with E-state index < -0.39 is 0 Å². The Balaban J connectivity index is 2.34. The second kappa shape index (κ2) is 10.2. The van der Waals surface area contributed by atoms with Crippen LogP contribution in [0.5, 0.6) is 0 Å². The zero-order valence-corrected chi connectivity index (χ0v) is 19.4. The molecule has 0 bridgehead atoms. The second-order valence-electron chi connectivity index (χ2n) is 6.90. The first-order chi connectivity index (χ1) is 14.9. The first kappa shape index (κ1) is 23.1. The summed E-state index contributed by atoms with van der Waals surface area (Å²) in [7, 11) is 0. The average molecular weight is 473 g/mol. The Hall–Kier alpha value is -2.58. The summed E-state index contributed by atoms with van der Waals surface area (Å²) in [6, 6.07) is 16.4. The van der Waals surface area contributed by atoms with Crippen molar-refractivity contribution in [2.75, 3.05) is 11.4 Å². The fourth-order valence-electron chi connectivity index (χ4n) is 3.29. The minimum Gasteiger partial charge on any atom is -0.296 e. The standard InChI is InChI=1S/C24H20Cl3N3O/c1-3-11-30(22(31)4-2)24-16(14-28)12-20(15-5-7-17(25)8-6-15)23(29-24)19-10-9-18(26)13-21(19)27/h5-10,12-13H,3-4,11H2,1-2H3. The Morgan fingerprint density at radius 2 is 1.68 bits per heavy atom. The molecule has 31 heavy (non-hydrogen) atoms. The van der Waals surface area contributed by atoms with Gasteiger partial charge in [0.05, 0.1) is 16.3 Å². The highest BCUT2D eigenvalue weighted by molar-refractivity contribution is 6.36.